The van der Waals surface area contributed by atoms with Crippen molar-refractivity contribution in [3.63, 3.8) is 0 Å². The summed E-state index contributed by atoms with van der Waals surface area (Å²) in [6, 6.07) is 11.2. The molecule has 1 amide bonds. The molecule has 1 fully saturated rings. The molecule has 0 atom stereocenters. The van der Waals surface area contributed by atoms with Crippen molar-refractivity contribution in [2.45, 2.75) is 6.54 Å². The third-order valence-electron chi connectivity index (χ3n) is 4.47. The van der Waals surface area contributed by atoms with Gasteiger partial charge in [-0.3, -0.25) is 9.69 Å². The van der Waals surface area contributed by atoms with Crippen molar-refractivity contribution in [2.75, 3.05) is 51.8 Å². The minimum atomic E-state index is -0.189. The van der Waals surface area contributed by atoms with Crippen LogP contribution in [0.15, 0.2) is 42.6 Å². The van der Waals surface area contributed by atoms with Crippen molar-refractivity contribution in [1.82, 2.24) is 15.2 Å². The number of hydrogen-bond donors (Lipinski definition) is 2. The van der Waals surface area contributed by atoms with Gasteiger partial charge in [0.25, 0.3) is 5.91 Å². The average molecular weight is 370 g/mol. The maximum atomic E-state index is 12.2. The highest BCUT2D eigenvalue weighted by Gasteiger charge is 2.10. The molecule has 1 saturated heterocycles. The largest absolute Gasteiger partial charge is 0.497 e. The fourth-order valence-corrected chi connectivity index (χ4v) is 2.83. The molecule has 2 heterocycles. The van der Waals surface area contributed by atoms with Gasteiger partial charge in [-0.2, -0.15) is 0 Å². The molecular formula is C20H26N4O3. The third kappa shape index (κ3) is 5.94. The number of rotatable bonds is 8. The number of ether oxygens (including phenoxy) is 2. The molecule has 2 N–H and O–H groups in total. The Labute approximate surface area is 159 Å². The molecule has 0 saturated carbocycles. The number of carbonyl (C=O) groups excluding carboxylic acids is 1. The molecular weight excluding hydrogens is 344 g/mol. The van der Waals surface area contributed by atoms with Gasteiger partial charge in [-0.1, -0.05) is 12.1 Å². The van der Waals surface area contributed by atoms with Crippen LogP contribution in [0.2, 0.25) is 0 Å². The van der Waals surface area contributed by atoms with E-state index in [4.69, 9.17) is 9.47 Å². The average Bonchev–Trinajstić information content (AvgIpc) is 2.73. The van der Waals surface area contributed by atoms with Crippen molar-refractivity contribution in [2.24, 2.45) is 0 Å². The summed E-state index contributed by atoms with van der Waals surface area (Å²) in [4.78, 5) is 18.9. The normalized spacial score (nSPS) is 14.6. The van der Waals surface area contributed by atoms with Gasteiger partial charge in [-0.15, -0.1) is 0 Å². The Morgan fingerprint density at radius 2 is 1.96 bits per heavy atom. The first kappa shape index (κ1) is 19.1. The number of hydrogen-bond acceptors (Lipinski definition) is 6. The Morgan fingerprint density at radius 1 is 1.19 bits per heavy atom. The first-order valence-electron chi connectivity index (χ1n) is 9.16. The topological polar surface area (TPSA) is 75.7 Å². The van der Waals surface area contributed by atoms with Crippen LogP contribution >= 0.6 is 0 Å². The van der Waals surface area contributed by atoms with Crippen molar-refractivity contribution in [3.05, 3.63) is 53.9 Å². The minimum Gasteiger partial charge on any atom is -0.497 e. The van der Waals surface area contributed by atoms with Crippen LogP contribution in [0.4, 0.5) is 5.69 Å². The van der Waals surface area contributed by atoms with E-state index in [1.807, 2.05) is 30.3 Å². The number of amides is 1. The zero-order valence-corrected chi connectivity index (χ0v) is 15.6. The highest BCUT2D eigenvalue weighted by Crippen LogP contribution is 2.11. The lowest BCUT2D eigenvalue weighted by atomic mass is 10.2. The smallest absolute Gasteiger partial charge is 0.270 e. The Balaban J connectivity index is 1.42. The number of methoxy groups -OCH3 is 1. The zero-order valence-electron chi connectivity index (χ0n) is 15.6. The van der Waals surface area contributed by atoms with E-state index in [0.29, 0.717) is 12.2 Å². The first-order valence-corrected chi connectivity index (χ1v) is 9.16. The quantitative estimate of drug-likeness (QED) is 0.738. The highest BCUT2D eigenvalue weighted by molar-refractivity contribution is 5.92. The van der Waals surface area contributed by atoms with Crippen LogP contribution in [0.25, 0.3) is 0 Å². The molecule has 1 aliphatic rings. The molecule has 0 bridgehead atoms. The SMILES string of the molecule is COc1ccc(CNC(=O)c2ccc(NCCN3CCOCC3)cn2)cc1. The summed E-state index contributed by atoms with van der Waals surface area (Å²) in [5, 5.41) is 6.22. The number of aromatic nitrogens is 1. The summed E-state index contributed by atoms with van der Waals surface area (Å²) in [5.41, 5.74) is 2.32. The summed E-state index contributed by atoms with van der Waals surface area (Å²) in [6.45, 7) is 5.83. The second-order valence-corrected chi connectivity index (χ2v) is 6.34. The molecule has 3 rings (SSSR count). The number of morpholine rings is 1. The number of nitrogens with zero attached hydrogens (tertiary/aromatic N) is 2. The number of pyridine rings is 1. The summed E-state index contributed by atoms with van der Waals surface area (Å²) in [6.07, 6.45) is 1.70. The Morgan fingerprint density at radius 3 is 2.63 bits per heavy atom. The van der Waals surface area contributed by atoms with Gasteiger partial charge in [0.1, 0.15) is 11.4 Å². The van der Waals surface area contributed by atoms with Gasteiger partial charge in [-0.25, -0.2) is 4.98 Å². The van der Waals surface area contributed by atoms with Gasteiger partial charge in [0, 0.05) is 32.7 Å². The van der Waals surface area contributed by atoms with Crippen LogP contribution in [-0.4, -0.2) is 62.3 Å². The molecule has 2 aromatic rings. The summed E-state index contributed by atoms with van der Waals surface area (Å²) in [7, 11) is 1.63. The zero-order chi connectivity index (χ0) is 18.9. The van der Waals surface area contributed by atoms with Crippen molar-refractivity contribution >= 4 is 11.6 Å². The van der Waals surface area contributed by atoms with Gasteiger partial charge in [-0.05, 0) is 29.8 Å². The molecule has 0 aliphatic carbocycles. The molecule has 0 radical (unpaired) electrons. The van der Waals surface area contributed by atoms with Crippen LogP contribution < -0.4 is 15.4 Å². The van der Waals surface area contributed by atoms with E-state index in [-0.39, 0.29) is 5.91 Å². The standard InChI is InChI=1S/C20H26N4O3/c1-26-18-5-2-16(3-6-18)14-23-20(25)19-7-4-17(15-22-19)21-8-9-24-10-12-27-13-11-24/h2-7,15,21H,8-14H2,1H3,(H,23,25). The van der Waals surface area contributed by atoms with E-state index < -0.39 is 0 Å². The minimum absolute atomic E-state index is 0.189. The fourth-order valence-electron chi connectivity index (χ4n) is 2.83. The Hall–Kier alpha value is -2.64. The molecule has 1 aromatic carbocycles. The van der Waals surface area contributed by atoms with Crippen molar-refractivity contribution < 1.29 is 14.3 Å². The number of nitrogens with one attached hydrogen (secondary N) is 2. The summed E-state index contributed by atoms with van der Waals surface area (Å²) >= 11 is 0. The highest BCUT2D eigenvalue weighted by atomic mass is 16.5. The second-order valence-electron chi connectivity index (χ2n) is 6.34. The Bertz CT molecular complexity index is 713. The molecule has 1 aromatic heterocycles. The summed E-state index contributed by atoms with van der Waals surface area (Å²) < 4.78 is 10.5. The maximum Gasteiger partial charge on any atom is 0.270 e. The van der Waals surface area contributed by atoms with Gasteiger partial charge < -0.3 is 20.1 Å². The molecule has 1 aliphatic heterocycles. The van der Waals surface area contributed by atoms with Gasteiger partial charge in [0.2, 0.25) is 0 Å². The van der Waals surface area contributed by atoms with E-state index in [1.54, 1.807) is 19.4 Å². The lowest BCUT2D eigenvalue weighted by molar-refractivity contribution is 0.0398. The lowest BCUT2D eigenvalue weighted by Gasteiger charge is -2.26. The predicted molar refractivity (Wildman–Crippen MR) is 104 cm³/mol. The molecule has 7 heteroatoms. The molecule has 0 unspecified atom stereocenters. The Kier molecular flexibility index (Phi) is 7.01. The van der Waals surface area contributed by atoms with Crippen LogP contribution in [0.3, 0.4) is 0 Å². The summed E-state index contributed by atoms with van der Waals surface area (Å²) in [5.74, 6) is 0.606. The number of benzene rings is 1. The third-order valence-corrected chi connectivity index (χ3v) is 4.47. The van der Waals surface area contributed by atoms with Crippen LogP contribution in [0, 0.1) is 0 Å². The lowest BCUT2D eigenvalue weighted by Crippen LogP contribution is -2.39. The van der Waals surface area contributed by atoms with Crippen LogP contribution in [0.5, 0.6) is 5.75 Å². The van der Waals surface area contributed by atoms with E-state index >= 15 is 0 Å². The fraction of sp³-hybridized carbons (Fsp3) is 0.400. The van der Waals surface area contributed by atoms with E-state index in [0.717, 1.165) is 56.4 Å². The maximum absolute atomic E-state index is 12.2. The van der Waals surface area contributed by atoms with Gasteiger partial charge >= 0.3 is 0 Å². The van der Waals surface area contributed by atoms with Crippen molar-refractivity contribution in [1.29, 1.82) is 0 Å². The molecule has 7 nitrogen and oxygen atoms in total. The van der Waals surface area contributed by atoms with Gasteiger partial charge in [0.15, 0.2) is 0 Å². The van der Waals surface area contributed by atoms with E-state index in [2.05, 4.69) is 20.5 Å². The van der Waals surface area contributed by atoms with Crippen LogP contribution in [0.1, 0.15) is 16.1 Å². The van der Waals surface area contributed by atoms with Crippen molar-refractivity contribution in [3.8, 4) is 5.75 Å². The molecule has 0 spiro atoms. The molecule has 27 heavy (non-hydrogen) atoms. The van der Waals surface area contributed by atoms with E-state index in [1.165, 1.54) is 0 Å². The number of anilines is 1. The monoisotopic (exact) mass is 370 g/mol. The molecule has 144 valence electrons. The van der Waals surface area contributed by atoms with Crippen LogP contribution in [-0.2, 0) is 11.3 Å². The number of carbonyl (C=O) groups is 1. The second kappa shape index (κ2) is 9.89. The van der Waals surface area contributed by atoms with Gasteiger partial charge in [0.05, 0.1) is 32.2 Å². The predicted octanol–water partition coefficient (Wildman–Crippen LogP) is 1.76. The first-order chi connectivity index (χ1) is 13.2. The van der Waals surface area contributed by atoms with E-state index in [9.17, 15) is 4.79 Å².